The van der Waals surface area contributed by atoms with Gasteiger partial charge in [0.05, 0.1) is 21.3 Å². The second-order valence-corrected chi connectivity index (χ2v) is 5.75. The van der Waals surface area contributed by atoms with Gasteiger partial charge in [0.25, 0.3) is 0 Å². The molecule has 2 aromatic carbocycles. The van der Waals surface area contributed by atoms with Crippen LogP contribution in [0.1, 0.15) is 15.9 Å². The van der Waals surface area contributed by atoms with E-state index in [0.717, 1.165) is 10.5 Å². The quantitative estimate of drug-likeness (QED) is 0.425. The van der Waals surface area contributed by atoms with Crippen LogP contribution in [0.3, 0.4) is 0 Å². The molecule has 5 heteroatoms. The number of allylic oxidation sites excluding steroid dienone is 1. The number of hydrogen-bond donors (Lipinski definition) is 0. The summed E-state index contributed by atoms with van der Waals surface area (Å²) in [7, 11) is 4.70. The predicted molar refractivity (Wildman–Crippen MR) is 97.7 cm³/mol. The summed E-state index contributed by atoms with van der Waals surface area (Å²) in [6.07, 6.45) is 5.24. The van der Waals surface area contributed by atoms with Crippen LogP contribution in [0.2, 0.25) is 0 Å². The Bertz CT molecular complexity index is 736. The van der Waals surface area contributed by atoms with Crippen molar-refractivity contribution >= 4 is 23.6 Å². The summed E-state index contributed by atoms with van der Waals surface area (Å²) in [6, 6.07) is 11.0. The van der Waals surface area contributed by atoms with Gasteiger partial charge in [0, 0.05) is 22.1 Å². The van der Waals surface area contributed by atoms with Crippen LogP contribution >= 0.6 is 11.8 Å². The van der Waals surface area contributed by atoms with Gasteiger partial charge in [-0.05, 0) is 48.7 Å². The zero-order chi connectivity index (χ0) is 17.5. The fourth-order valence-corrected chi connectivity index (χ4v) is 2.61. The molecule has 0 aliphatic heterocycles. The first kappa shape index (κ1) is 17.9. The van der Waals surface area contributed by atoms with Crippen LogP contribution in [0.25, 0.3) is 6.08 Å². The molecule has 2 rings (SSSR count). The van der Waals surface area contributed by atoms with Crippen LogP contribution in [-0.4, -0.2) is 33.4 Å². The number of carbonyl (C=O) groups excluding carboxylic acids is 1. The highest BCUT2D eigenvalue weighted by atomic mass is 32.2. The third-order valence-corrected chi connectivity index (χ3v) is 4.27. The van der Waals surface area contributed by atoms with Crippen molar-refractivity contribution in [1.82, 2.24) is 0 Å². The van der Waals surface area contributed by atoms with E-state index in [1.54, 1.807) is 51.3 Å². The maximum atomic E-state index is 12.3. The van der Waals surface area contributed by atoms with Gasteiger partial charge in [0.2, 0.25) is 0 Å². The highest BCUT2D eigenvalue weighted by molar-refractivity contribution is 7.98. The molecule has 0 aliphatic rings. The monoisotopic (exact) mass is 344 g/mol. The Labute approximate surface area is 146 Å². The van der Waals surface area contributed by atoms with E-state index in [-0.39, 0.29) is 5.78 Å². The standard InChI is InChI=1S/C19H20O4S/c1-21-17-12-19(23-3)18(22-2)11-14(17)7-10-16(20)13-5-8-15(24-4)9-6-13/h5-12H,1-4H3/b10-7+. The summed E-state index contributed by atoms with van der Waals surface area (Å²) in [5, 5.41) is 0. The molecule has 4 nitrogen and oxygen atoms in total. The van der Waals surface area contributed by atoms with Crippen molar-refractivity contribution in [3.8, 4) is 17.2 Å². The van der Waals surface area contributed by atoms with Crippen molar-refractivity contribution in [1.29, 1.82) is 0 Å². The van der Waals surface area contributed by atoms with E-state index in [4.69, 9.17) is 14.2 Å². The molecule has 2 aromatic rings. The lowest BCUT2D eigenvalue weighted by Gasteiger charge is -2.12. The number of rotatable bonds is 7. The third-order valence-electron chi connectivity index (χ3n) is 3.52. The fraction of sp³-hybridized carbons (Fsp3) is 0.211. The molecule has 0 bridgehead atoms. The Kier molecular flexibility index (Phi) is 6.32. The Morgan fingerprint density at radius 2 is 1.50 bits per heavy atom. The van der Waals surface area contributed by atoms with Gasteiger partial charge in [-0.1, -0.05) is 0 Å². The summed E-state index contributed by atoms with van der Waals surface area (Å²) < 4.78 is 15.9. The first-order valence-electron chi connectivity index (χ1n) is 7.29. The third kappa shape index (κ3) is 4.11. The number of hydrogen-bond acceptors (Lipinski definition) is 5. The highest BCUT2D eigenvalue weighted by Gasteiger charge is 2.10. The van der Waals surface area contributed by atoms with Crippen LogP contribution in [0.5, 0.6) is 17.2 Å². The summed E-state index contributed by atoms with van der Waals surface area (Å²) in [4.78, 5) is 13.4. The van der Waals surface area contributed by atoms with Crippen molar-refractivity contribution in [2.75, 3.05) is 27.6 Å². The van der Waals surface area contributed by atoms with Gasteiger partial charge in [-0.2, -0.15) is 0 Å². The lowest BCUT2D eigenvalue weighted by Crippen LogP contribution is -1.96. The van der Waals surface area contributed by atoms with Gasteiger partial charge < -0.3 is 14.2 Å². The minimum absolute atomic E-state index is 0.0699. The Morgan fingerprint density at radius 1 is 0.917 bits per heavy atom. The summed E-state index contributed by atoms with van der Waals surface area (Å²) in [5.74, 6) is 1.69. The molecule has 0 saturated carbocycles. The normalized spacial score (nSPS) is 10.7. The molecule has 0 atom stereocenters. The Balaban J connectivity index is 2.27. The summed E-state index contributed by atoms with van der Waals surface area (Å²) in [5.41, 5.74) is 1.38. The smallest absolute Gasteiger partial charge is 0.185 e. The summed E-state index contributed by atoms with van der Waals surface area (Å²) in [6.45, 7) is 0. The van der Waals surface area contributed by atoms with E-state index in [1.807, 2.05) is 30.5 Å². The Hall–Kier alpha value is -2.40. The van der Waals surface area contributed by atoms with Crippen LogP contribution in [0.4, 0.5) is 0 Å². The van der Waals surface area contributed by atoms with E-state index in [0.29, 0.717) is 22.8 Å². The lowest BCUT2D eigenvalue weighted by atomic mass is 10.1. The van der Waals surface area contributed by atoms with E-state index >= 15 is 0 Å². The van der Waals surface area contributed by atoms with Gasteiger partial charge in [0.1, 0.15) is 5.75 Å². The topological polar surface area (TPSA) is 44.8 Å². The van der Waals surface area contributed by atoms with Crippen LogP contribution in [0.15, 0.2) is 47.4 Å². The minimum Gasteiger partial charge on any atom is -0.496 e. The van der Waals surface area contributed by atoms with Gasteiger partial charge in [-0.3, -0.25) is 4.79 Å². The average Bonchev–Trinajstić information content (AvgIpc) is 2.65. The van der Waals surface area contributed by atoms with E-state index < -0.39 is 0 Å². The van der Waals surface area contributed by atoms with Crippen molar-refractivity contribution < 1.29 is 19.0 Å². The lowest BCUT2D eigenvalue weighted by molar-refractivity contribution is 0.104. The number of ether oxygens (including phenoxy) is 3. The van der Waals surface area contributed by atoms with Gasteiger partial charge in [-0.15, -0.1) is 11.8 Å². The number of thioether (sulfide) groups is 1. The SMILES string of the molecule is COc1cc(OC)c(OC)cc1/C=C/C(=O)c1ccc(SC)cc1. The first-order valence-corrected chi connectivity index (χ1v) is 8.52. The van der Waals surface area contributed by atoms with Gasteiger partial charge >= 0.3 is 0 Å². The molecule has 0 aliphatic carbocycles. The minimum atomic E-state index is -0.0699. The van der Waals surface area contributed by atoms with Crippen LogP contribution < -0.4 is 14.2 Å². The number of benzene rings is 2. The molecular formula is C19H20O4S. The van der Waals surface area contributed by atoms with Gasteiger partial charge in [0.15, 0.2) is 17.3 Å². The zero-order valence-electron chi connectivity index (χ0n) is 14.2. The van der Waals surface area contributed by atoms with E-state index in [1.165, 1.54) is 6.08 Å². The second-order valence-electron chi connectivity index (χ2n) is 4.88. The molecule has 0 N–H and O–H groups in total. The zero-order valence-corrected chi connectivity index (χ0v) is 15.0. The predicted octanol–water partition coefficient (Wildman–Crippen LogP) is 4.33. The van der Waals surface area contributed by atoms with Crippen LogP contribution in [-0.2, 0) is 0 Å². The largest absolute Gasteiger partial charge is 0.496 e. The molecule has 0 aromatic heterocycles. The Morgan fingerprint density at radius 3 is 2.04 bits per heavy atom. The van der Waals surface area contributed by atoms with Crippen molar-refractivity contribution in [2.24, 2.45) is 0 Å². The average molecular weight is 344 g/mol. The maximum Gasteiger partial charge on any atom is 0.185 e. The molecule has 0 fully saturated rings. The second kappa shape index (κ2) is 8.45. The van der Waals surface area contributed by atoms with Crippen molar-refractivity contribution in [3.05, 3.63) is 53.6 Å². The summed E-state index contributed by atoms with van der Waals surface area (Å²) >= 11 is 1.64. The molecule has 0 heterocycles. The first-order chi connectivity index (χ1) is 11.6. The molecule has 0 radical (unpaired) electrons. The fourth-order valence-electron chi connectivity index (χ4n) is 2.20. The maximum absolute atomic E-state index is 12.3. The molecule has 0 saturated heterocycles. The van der Waals surface area contributed by atoms with Crippen molar-refractivity contribution in [3.63, 3.8) is 0 Å². The van der Waals surface area contributed by atoms with Gasteiger partial charge in [-0.25, -0.2) is 0 Å². The molecule has 0 amide bonds. The molecular weight excluding hydrogens is 324 g/mol. The number of methoxy groups -OCH3 is 3. The number of carbonyl (C=O) groups is 1. The highest BCUT2D eigenvalue weighted by Crippen LogP contribution is 2.35. The molecule has 0 spiro atoms. The van der Waals surface area contributed by atoms with Crippen LogP contribution in [0, 0.1) is 0 Å². The van der Waals surface area contributed by atoms with E-state index in [9.17, 15) is 4.79 Å². The number of ketones is 1. The molecule has 24 heavy (non-hydrogen) atoms. The molecule has 126 valence electrons. The van der Waals surface area contributed by atoms with Crippen molar-refractivity contribution in [2.45, 2.75) is 4.90 Å². The van der Waals surface area contributed by atoms with E-state index in [2.05, 4.69) is 0 Å². The molecule has 0 unspecified atom stereocenters.